The second-order valence-corrected chi connectivity index (χ2v) is 6.25. The lowest BCUT2D eigenvalue weighted by atomic mass is 10.1. The third-order valence-electron chi connectivity index (χ3n) is 4.02. The molecule has 0 bridgehead atoms. The molecule has 0 radical (unpaired) electrons. The van der Waals surface area contributed by atoms with Crippen LogP contribution in [0.2, 0.25) is 0 Å². The van der Waals surface area contributed by atoms with Crippen LogP contribution >= 0.6 is 0 Å². The van der Waals surface area contributed by atoms with Crippen LogP contribution in [-0.2, 0) is 13.1 Å². The van der Waals surface area contributed by atoms with Gasteiger partial charge in [-0.15, -0.1) is 0 Å². The summed E-state index contributed by atoms with van der Waals surface area (Å²) in [5, 5.41) is 3.18. The van der Waals surface area contributed by atoms with Crippen LogP contribution in [0.3, 0.4) is 0 Å². The summed E-state index contributed by atoms with van der Waals surface area (Å²) in [6, 6.07) is 19.8. The molecule has 2 aromatic carbocycles. The Balaban J connectivity index is 1.65. The Hall–Kier alpha value is -3.21. The molecule has 0 saturated heterocycles. The first-order chi connectivity index (χ1) is 12.6. The number of rotatable bonds is 6. The highest BCUT2D eigenvalue weighted by Gasteiger charge is 2.14. The molecule has 1 N–H and O–H groups in total. The van der Waals surface area contributed by atoms with E-state index in [1.54, 1.807) is 24.2 Å². The molecule has 0 aliphatic heterocycles. The molecule has 3 rings (SSSR count). The van der Waals surface area contributed by atoms with Gasteiger partial charge in [0.1, 0.15) is 5.69 Å². The molecular formula is C21H22N4O. The molecular weight excluding hydrogens is 324 g/mol. The summed E-state index contributed by atoms with van der Waals surface area (Å²) < 4.78 is 0. The van der Waals surface area contributed by atoms with Gasteiger partial charge >= 0.3 is 0 Å². The van der Waals surface area contributed by atoms with Crippen molar-refractivity contribution < 1.29 is 4.79 Å². The molecule has 1 heterocycles. The Morgan fingerprint density at radius 3 is 2.58 bits per heavy atom. The van der Waals surface area contributed by atoms with E-state index < -0.39 is 0 Å². The Kier molecular flexibility index (Phi) is 5.59. The molecule has 1 aromatic heterocycles. The van der Waals surface area contributed by atoms with Gasteiger partial charge in [0.15, 0.2) is 0 Å². The lowest BCUT2D eigenvalue weighted by Gasteiger charge is -2.17. The van der Waals surface area contributed by atoms with Crippen molar-refractivity contribution in [2.24, 2.45) is 0 Å². The zero-order chi connectivity index (χ0) is 18.4. The van der Waals surface area contributed by atoms with Gasteiger partial charge in [0, 0.05) is 26.3 Å². The van der Waals surface area contributed by atoms with Crippen molar-refractivity contribution in [3.8, 4) is 0 Å². The molecule has 5 nitrogen and oxygen atoms in total. The number of carbonyl (C=O) groups is 1. The van der Waals surface area contributed by atoms with Gasteiger partial charge in [0.25, 0.3) is 5.91 Å². The van der Waals surface area contributed by atoms with Gasteiger partial charge in [-0.25, -0.2) is 9.97 Å². The number of anilines is 1. The van der Waals surface area contributed by atoms with Gasteiger partial charge in [-0.2, -0.15) is 0 Å². The molecule has 26 heavy (non-hydrogen) atoms. The minimum atomic E-state index is -0.130. The summed E-state index contributed by atoms with van der Waals surface area (Å²) in [4.78, 5) is 22.9. The van der Waals surface area contributed by atoms with E-state index in [2.05, 4.69) is 34.3 Å². The number of hydrogen-bond donors (Lipinski definition) is 1. The summed E-state index contributed by atoms with van der Waals surface area (Å²) in [7, 11) is 1.78. The molecule has 0 aliphatic rings. The van der Waals surface area contributed by atoms with Crippen LogP contribution in [0, 0.1) is 6.92 Å². The number of carbonyl (C=O) groups excluding carboxylic acids is 1. The van der Waals surface area contributed by atoms with E-state index in [1.165, 1.54) is 5.56 Å². The number of benzene rings is 2. The van der Waals surface area contributed by atoms with Gasteiger partial charge in [-0.05, 0) is 24.1 Å². The predicted molar refractivity (Wildman–Crippen MR) is 103 cm³/mol. The molecule has 5 heteroatoms. The van der Waals surface area contributed by atoms with E-state index in [-0.39, 0.29) is 5.91 Å². The van der Waals surface area contributed by atoms with E-state index in [1.807, 2.05) is 42.5 Å². The lowest BCUT2D eigenvalue weighted by Crippen LogP contribution is -2.27. The van der Waals surface area contributed by atoms with Gasteiger partial charge in [0.05, 0.1) is 0 Å². The maximum absolute atomic E-state index is 12.6. The highest BCUT2D eigenvalue weighted by molar-refractivity contribution is 5.92. The fraction of sp³-hybridized carbons (Fsp3) is 0.190. The second kappa shape index (κ2) is 8.25. The van der Waals surface area contributed by atoms with E-state index in [4.69, 9.17) is 0 Å². The Morgan fingerprint density at radius 2 is 1.81 bits per heavy atom. The normalized spacial score (nSPS) is 10.4. The smallest absolute Gasteiger partial charge is 0.272 e. The minimum absolute atomic E-state index is 0.130. The maximum Gasteiger partial charge on any atom is 0.272 e. The van der Waals surface area contributed by atoms with Crippen LogP contribution in [0.25, 0.3) is 0 Å². The van der Waals surface area contributed by atoms with Crippen molar-refractivity contribution in [2.75, 3.05) is 12.4 Å². The summed E-state index contributed by atoms with van der Waals surface area (Å²) in [5.74, 6) is 0.320. The summed E-state index contributed by atoms with van der Waals surface area (Å²) in [5.41, 5.74) is 3.81. The minimum Gasteiger partial charge on any atom is -0.350 e. The fourth-order valence-corrected chi connectivity index (χ4v) is 2.69. The third kappa shape index (κ3) is 4.66. The molecule has 1 amide bonds. The predicted octanol–water partition coefficient (Wildman–Crippen LogP) is 3.67. The highest BCUT2D eigenvalue weighted by atomic mass is 16.2. The van der Waals surface area contributed by atoms with Crippen molar-refractivity contribution in [3.63, 3.8) is 0 Å². The van der Waals surface area contributed by atoms with Gasteiger partial charge in [-0.3, -0.25) is 4.79 Å². The highest BCUT2D eigenvalue weighted by Crippen LogP contribution is 2.10. The first kappa shape index (κ1) is 17.6. The Labute approximate surface area is 153 Å². The number of amides is 1. The zero-order valence-electron chi connectivity index (χ0n) is 15.0. The van der Waals surface area contributed by atoms with Crippen LogP contribution < -0.4 is 5.32 Å². The lowest BCUT2D eigenvalue weighted by molar-refractivity contribution is 0.0779. The van der Waals surface area contributed by atoms with Crippen molar-refractivity contribution >= 4 is 11.9 Å². The molecule has 0 saturated carbocycles. The van der Waals surface area contributed by atoms with Crippen LogP contribution in [0.15, 0.2) is 66.9 Å². The second-order valence-electron chi connectivity index (χ2n) is 6.25. The van der Waals surface area contributed by atoms with Crippen molar-refractivity contribution in [1.82, 2.24) is 14.9 Å². The number of nitrogens with one attached hydrogen (secondary N) is 1. The monoisotopic (exact) mass is 346 g/mol. The average molecular weight is 346 g/mol. The molecule has 0 unspecified atom stereocenters. The first-order valence-electron chi connectivity index (χ1n) is 8.53. The molecule has 132 valence electrons. The molecule has 0 aliphatic carbocycles. The van der Waals surface area contributed by atoms with Crippen molar-refractivity contribution in [3.05, 3.63) is 89.2 Å². The largest absolute Gasteiger partial charge is 0.350 e. The molecule has 0 atom stereocenters. The number of aromatic nitrogens is 2. The Bertz CT molecular complexity index is 880. The Morgan fingerprint density at radius 1 is 1.04 bits per heavy atom. The van der Waals surface area contributed by atoms with Crippen LogP contribution in [0.1, 0.15) is 27.2 Å². The van der Waals surface area contributed by atoms with Crippen LogP contribution in [-0.4, -0.2) is 27.8 Å². The van der Waals surface area contributed by atoms with Crippen LogP contribution in [0.5, 0.6) is 0 Å². The van der Waals surface area contributed by atoms with Crippen LogP contribution in [0.4, 0.5) is 5.95 Å². The van der Waals surface area contributed by atoms with E-state index in [0.29, 0.717) is 24.7 Å². The van der Waals surface area contributed by atoms with E-state index in [9.17, 15) is 4.79 Å². The topological polar surface area (TPSA) is 58.1 Å². The van der Waals surface area contributed by atoms with Gasteiger partial charge in [0.2, 0.25) is 5.95 Å². The first-order valence-corrected chi connectivity index (χ1v) is 8.53. The van der Waals surface area contributed by atoms with E-state index in [0.717, 1.165) is 11.1 Å². The molecule has 0 fully saturated rings. The standard InChI is InChI=1S/C21H22N4O/c1-16-7-6-10-18(13-16)14-23-21-22-12-11-19(24-21)20(26)25(2)15-17-8-4-3-5-9-17/h3-13H,14-15H2,1-2H3,(H,22,23,24). The number of hydrogen-bond acceptors (Lipinski definition) is 4. The van der Waals surface area contributed by atoms with Gasteiger partial charge in [-0.1, -0.05) is 60.2 Å². The molecule has 0 spiro atoms. The number of aryl methyl sites for hydroxylation is 1. The van der Waals surface area contributed by atoms with Crippen molar-refractivity contribution in [2.45, 2.75) is 20.0 Å². The SMILES string of the molecule is Cc1cccc(CNc2nccc(C(=O)N(C)Cc3ccccc3)n2)c1. The number of nitrogens with zero attached hydrogens (tertiary/aromatic N) is 3. The van der Waals surface area contributed by atoms with Crippen molar-refractivity contribution in [1.29, 1.82) is 0 Å². The third-order valence-corrected chi connectivity index (χ3v) is 4.02. The summed E-state index contributed by atoms with van der Waals surface area (Å²) in [6.45, 7) is 3.21. The van der Waals surface area contributed by atoms with Gasteiger partial charge < -0.3 is 10.2 Å². The zero-order valence-corrected chi connectivity index (χ0v) is 15.0. The average Bonchev–Trinajstić information content (AvgIpc) is 2.67. The molecule has 3 aromatic rings. The quantitative estimate of drug-likeness (QED) is 0.740. The summed E-state index contributed by atoms with van der Waals surface area (Å²) >= 11 is 0. The fourth-order valence-electron chi connectivity index (χ4n) is 2.69. The maximum atomic E-state index is 12.6. The summed E-state index contributed by atoms with van der Waals surface area (Å²) in [6.07, 6.45) is 1.61. The van der Waals surface area contributed by atoms with E-state index >= 15 is 0 Å².